The molecule has 0 bridgehead atoms. The number of ether oxygens (including phenoxy) is 1. The van der Waals surface area contributed by atoms with Gasteiger partial charge in [0.25, 0.3) is 5.91 Å². The molecule has 1 aliphatic carbocycles. The number of carbonyl (C=O) groups is 2. The van der Waals surface area contributed by atoms with Crippen molar-refractivity contribution in [3.8, 4) is 0 Å². The highest BCUT2D eigenvalue weighted by Gasteiger charge is 2.50. The number of benzene rings is 1. The molecule has 0 spiro atoms. The highest BCUT2D eigenvalue weighted by Crippen LogP contribution is 2.31. The van der Waals surface area contributed by atoms with Crippen molar-refractivity contribution in [2.75, 3.05) is 6.54 Å². The second-order valence-electron chi connectivity index (χ2n) is 9.06. The van der Waals surface area contributed by atoms with E-state index in [-0.39, 0.29) is 31.4 Å². The summed E-state index contributed by atoms with van der Waals surface area (Å²) in [4.78, 5) is 24.4. The summed E-state index contributed by atoms with van der Waals surface area (Å²) in [7, 11) is 0. The lowest BCUT2D eigenvalue weighted by Crippen LogP contribution is -2.58. The molecule has 1 aromatic carbocycles. The third-order valence-electron chi connectivity index (χ3n) is 5.89. The molecule has 8 heteroatoms. The van der Waals surface area contributed by atoms with Gasteiger partial charge in [0.05, 0.1) is 6.04 Å². The average Bonchev–Trinajstić information content (AvgIpc) is 2.77. The topological polar surface area (TPSA) is 87.7 Å². The first-order valence-corrected chi connectivity index (χ1v) is 11.5. The maximum atomic E-state index is 14.8. The van der Waals surface area contributed by atoms with Crippen LogP contribution in [0.2, 0.25) is 0 Å². The molecule has 1 aromatic rings. The number of carbonyl (C=O) groups excluding carboxylic acids is 2. The van der Waals surface area contributed by atoms with E-state index in [1.165, 1.54) is 0 Å². The van der Waals surface area contributed by atoms with E-state index in [9.17, 15) is 23.5 Å². The number of aliphatic hydroxyl groups excluding tert-OH is 1. The number of nitrogens with one attached hydrogen (secondary N) is 2. The van der Waals surface area contributed by atoms with E-state index < -0.39 is 30.1 Å². The third-order valence-corrected chi connectivity index (χ3v) is 5.89. The third kappa shape index (κ3) is 8.37. The predicted molar refractivity (Wildman–Crippen MR) is 118 cm³/mol. The van der Waals surface area contributed by atoms with Gasteiger partial charge in [0.2, 0.25) is 0 Å². The van der Waals surface area contributed by atoms with Gasteiger partial charge in [-0.1, -0.05) is 76.3 Å². The van der Waals surface area contributed by atoms with Gasteiger partial charge in [-0.25, -0.2) is 4.79 Å². The number of rotatable bonds is 11. The molecule has 0 radical (unpaired) electrons. The summed E-state index contributed by atoms with van der Waals surface area (Å²) in [5.41, 5.74) is 0.752. The van der Waals surface area contributed by atoms with E-state index in [4.69, 9.17) is 4.74 Å². The molecule has 2 amide bonds. The molecule has 0 aromatic heterocycles. The Hall–Kier alpha value is -2.22. The van der Waals surface area contributed by atoms with Crippen LogP contribution in [0.25, 0.3) is 0 Å². The van der Waals surface area contributed by atoms with Gasteiger partial charge in [-0.3, -0.25) is 4.79 Å². The van der Waals surface area contributed by atoms with E-state index in [0.29, 0.717) is 6.42 Å². The van der Waals surface area contributed by atoms with Gasteiger partial charge in [0.15, 0.2) is 0 Å². The molecule has 1 aliphatic rings. The number of halogens is 2. The number of alkyl carbamates (subject to hydrolysis) is 1. The van der Waals surface area contributed by atoms with E-state index in [2.05, 4.69) is 10.6 Å². The Kier molecular flexibility index (Phi) is 10.4. The van der Waals surface area contributed by atoms with Crippen molar-refractivity contribution in [3.63, 3.8) is 0 Å². The summed E-state index contributed by atoms with van der Waals surface area (Å²) in [6.07, 6.45) is 2.20. The Labute approximate surface area is 189 Å². The zero-order valence-corrected chi connectivity index (χ0v) is 19.0. The second kappa shape index (κ2) is 12.7. The van der Waals surface area contributed by atoms with Gasteiger partial charge in [-0.2, -0.15) is 8.78 Å². The molecule has 0 aliphatic heterocycles. The lowest BCUT2D eigenvalue weighted by Gasteiger charge is -2.32. The summed E-state index contributed by atoms with van der Waals surface area (Å²) < 4.78 is 34.7. The van der Waals surface area contributed by atoms with Gasteiger partial charge in [-0.15, -0.1) is 0 Å². The largest absolute Gasteiger partial charge is 0.445 e. The summed E-state index contributed by atoms with van der Waals surface area (Å²) in [5.74, 6) is -5.23. The number of amides is 2. The molecule has 2 rings (SSSR count). The van der Waals surface area contributed by atoms with Crippen LogP contribution < -0.4 is 10.6 Å². The van der Waals surface area contributed by atoms with Crippen molar-refractivity contribution < 1.29 is 28.2 Å². The molecule has 6 nitrogen and oxygen atoms in total. The number of aliphatic hydroxyl groups is 1. The van der Waals surface area contributed by atoms with Crippen LogP contribution in [0, 0.1) is 11.8 Å². The molecule has 2 unspecified atom stereocenters. The van der Waals surface area contributed by atoms with Crippen molar-refractivity contribution in [1.29, 1.82) is 0 Å². The maximum Gasteiger partial charge on any atom is 0.407 e. The van der Waals surface area contributed by atoms with Crippen LogP contribution in [0.3, 0.4) is 0 Å². The average molecular weight is 455 g/mol. The zero-order valence-electron chi connectivity index (χ0n) is 19.0. The monoisotopic (exact) mass is 454 g/mol. The fraction of sp³-hybridized carbons (Fsp3) is 0.667. The van der Waals surface area contributed by atoms with Crippen molar-refractivity contribution in [2.45, 2.75) is 83.5 Å². The maximum absolute atomic E-state index is 14.8. The van der Waals surface area contributed by atoms with Crippen molar-refractivity contribution >= 4 is 12.0 Å². The van der Waals surface area contributed by atoms with Crippen LogP contribution in [-0.2, 0) is 16.1 Å². The molecule has 3 N–H and O–H groups in total. The fourth-order valence-corrected chi connectivity index (χ4v) is 3.94. The Bertz CT molecular complexity index is 709. The Balaban J connectivity index is 2.02. The smallest absolute Gasteiger partial charge is 0.407 e. The number of alkyl halides is 2. The molecule has 32 heavy (non-hydrogen) atoms. The predicted octanol–water partition coefficient (Wildman–Crippen LogP) is 4.41. The van der Waals surface area contributed by atoms with E-state index in [1.807, 2.05) is 19.9 Å². The molecule has 0 heterocycles. The molecular formula is C24H36F2N2O4. The highest BCUT2D eigenvalue weighted by molar-refractivity contribution is 5.84. The van der Waals surface area contributed by atoms with Crippen molar-refractivity contribution in [2.24, 2.45) is 11.8 Å². The van der Waals surface area contributed by atoms with Gasteiger partial charge in [-0.05, 0) is 30.2 Å². The molecular weight excluding hydrogens is 418 g/mol. The van der Waals surface area contributed by atoms with Crippen molar-refractivity contribution in [3.05, 3.63) is 35.9 Å². The van der Waals surface area contributed by atoms with Crippen LogP contribution in [0.4, 0.5) is 13.6 Å². The van der Waals surface area contributed by atoms with Crippen molar-refractivity contribution in [1.82, 2.24) is 10.6 Å². The summed E-state index contributed by atoms with van der Waals surface area (Å²) in [6.45, 7) is 3.91. The fourth-order valence-electron chi connectivity index (χ4n) is 3.94. The normalized spacial score (nSPS) is 16.9. The first-order chi connectivity index (χ1) is 15.2. The van der Waals surface area contributed by atoms with E-state index in [0.717, 1.165) is 37.7 Å². The molecule has 0 saturated heterocycles. The Morgan fingerprint density at radius 1 is 1.16 bits per heavy atom. The summed E-state index contributed by atoms with van der Waals surface area (Å²) in [6, 6.07) is 7.67. The van der Waals surface area contributed by atoms with Gasteiger partial charge >= 0.3 is 12.0 Å². The lowest BCUT2D eigenvalue weighted by atomic mass is 9.83. The van der Waals surface area contributed by atoms with Crippen LogP contribution >= 0.6 is 0 Å². The standard InChI is InChI=1S/C24H36F2N2O4/c1-17(2)13-14-27-22(30)24(25,26)21(29)20(15-18-9-5-3-6-10-18)28-23(31)32-16-19-11-7-4-8-12-19/h4,7-8,11-12,17-18,20-21,29H,3,5-6,9-10,13-16H2,1-2H3,(H,27,30)(H,28,31). The molecule has 2 atom stereocenters. The van der Waals surface area contributed by atoms with E-state index in [1.54, 1.807) is 24.3 Å². The summed E-state index contributed by atoms with van der Waals surface area (Å²) in [5, 5.41) is 15.1. The van der Waals surface area contributed by atoms with Gasteiger partial charge in [0, 0.05) is 6.54 Å². The number of hydrogen-bond donors (Lipinski definition) is 3. The van der Waals surface area contributed by atoms with E-state index >= 15 is 0 Å². The van der Waals surface area contributed by atoms with Crippen LogP contribution in [-0.4, -0.2) is 41.7 Å². The van der Waals surface area contributed by atoms with Crippen LogP contribution in [0.5, 0.6) is 0 Å². The minimum atomic E-state index is -4.04. The van der Waals surface area contributed by atoms with Gasteiger partial charge in [0.1, 0.15) is 12.7 Å². The molecule has 1 fully saturated rings. The molecule has 180 valence electrons. The zero-order chi connectivity index (χ0) is 23.6. The number of hydrogen-bond acceptors (Lipinski definition) is 4. The highest BCUT2D eigenvalue weighted by atomic mass is 19.3. The van der Waals surface area contributed by atoms with Gasteiger partial charge < -0.3 is 20.5 Å². The Morgan fingerprint density at radius 2 is 1.81 bits per heavy atom. The second-order valence-corrected chi connectivity index (χ2v) is 9.06. The molecule has 1 saturated carbocycles. The SMILES string of the molecule is CC(C)CCNC(=O)C(F)(F)C(O)C(CC1CCCCC1)NC(=O)OCc1ccccc1. The quantitative estimate of drug-likeness (QED) is 0.462. The summed E-state index contributed by atoms with van der Waals surface area (Å²) >= 11 is 0. The lowest BCUT2D eigenvalue weighted by molar-refractivity contribution is -0.167. The van der Waals surface area contributed by atoms with Crippen LogP contribution in [0.15, 0.2) is 30.3 Å². The van der Waals surface area contributed by atoms with Crippen LogP contribution in [0.1, 0.15) is 64.4 Å². The first kappa shape index (κ1) is 26.0. The Morgan fingerprint density at radius 3 is 2.44 bits per heavy atom. The first-order valence-electron chi connectivity index (χ1n) is 11.5. The minimum absolute atomic E-state index is 0.0228. The minimum Gasteiger partial charge on any atom is -0.445 e.